The van der Waals surface area contributed by atoms with Crippen molar-refractivity contribution in [1.82, 2.24) is 6.15 Å². The van der Waals surface area contributed by atoms with Crippen LogP contribution in [-0.4, -0.2) is 17.1 Å². The maximum atomic E-state index is 10.2. The van der Waals surface area contributed by atoms with Crippen LogP contribution >= 0.6 is 0 Å². The molecule has 4 heteroatoms. The average Bonchev–Trinajstić information content (AvgIpc) is 1.84. The molecule has 0 aromatic carbocycles. The van der Waals surface area contributed by atoms with E-state index < -0.39 is 12.0 Å². The van der Waals surface area contributed by atoms with Crippen molar-refractivity contribution in [1.29, 1.82) is 0 Å². The number of nitrogens with two attached hydrogens (primary N) is 1. The summed E-state index contributed by atoms with van der Waals surface area (Å²) in [5.74, 6) is -0.841. The van der Waals surface area contributed by atoms with Crippen LogP contribution in [0.4, 0.5) is 0 Å². The van der Waals surface area contributed by atoms with Gasteiger partial charge >= 0.3 is 5.97 Å². The van der Waals surface area contributed by atoms with Gasteiger partial charge in [0.05, 0.1) is 0 Å². The topological polar surface area (TPSA) is 98.3 Å². The van der Waals surface area contributed by atoms with Gasteiger partial charge in [-0.2, -0.15) is 0 Å². The van der Waals surface area contributed by atoms with Crippen molar-refractivity contribution in [2.24, 2.45) is 11.7 Å². The van der Waals surface area contributed by atoms with Crippen LogP contribution in [0.3, 0.4) is 0 Å². The summed E-state index contributed by atoms with van der Waals surface area (Å²) in [6, 6.07) is -0.699. The number of carboxylic acids is 1. The molecule has 0 heterocycles. The van der Waals surface area contributed by atoms with Crippen molar-refractivity contribution in [3.8, 4) is 0 Å². The molecule has 0 radical (unpaired) electrons. The second-order valence-corrected chi connectivity index (χ2v) is 2.25. The Hall–Kier alpha value is -0.610. The molecule has 0 aromatic heterocycles. The van der Waals surface area contributed by atoms with E-state index in [1.165, 1.54) is 0 Å². The lowest BCUT2D eigenvalue weighted by Crippen LogP contribution is -2.36. The Labute approximate surface area is 61.0 Å². The minimum atomic E-state index is -0.913. The van der Waals surface area contributed by atoms with E-state index in [1.807, 2.05) is 13.8 Å². The first-order chi connectivity index (χ1) is 4.09. The van der Waals surface area contributed by atoms with Crippen molar-refractivity contribution in [2.45, 2.75) is 26.3 Å². The second kappa shape index (κ2) is 5.20. The molecule has 0 fully saturated rings. The van der Waals surface area contributed by atoms with Gasteiger partial charge in [-0.05, 0) is 5.92 Å². The molecular formula is C6H16N2O2. The quantitative estimate of drug-likeness (QED) is 0.546. The van der Waals surface area contributed by atoms with Gasteiger partial charge in [0.2, 0.25) is 0 Å². The average molecular weight is 148 g/mol. The minimum absolute atomic E-state index is 0. The highest BCUT2D eigenvalue weighted by Crippen LogP contribution is 2.04. The van der Waals surface area contributed by atoms with Gasteiger partial charge in [0.1, 0.15) is 6.04 Å². The fourth-order valence-corrected chi connectivity index (χ4v) is 0.497. The molecule has 0 bridgehead atoms. The van der Waals surface area contributed by atoms with Crippen molar-refractivity contribution in [3.63, 3.8) is 0 Å². The van der Waals surface area contributed by atoms with Crippen LogP contribution in [0, 0.1) is 5.92 Å². The van der Waals surface area contributed by atoms with Gasteiger partial charge in [-0.15, -0.1) is 0 Å². The summed E-state index contributed by atoms with van der Waals surface area (Å²) in [6.07, 6.45) is 0.813. The normalized spacial score (nSPS) is 15.1. The Morgan fingerprint density at radius 1 is 1.70 bits per heavy atom. The molecule has 4 nitrogen and oxygen atoms in total. The lowest BCUT2D eigenvalue weighted by atomic mass is 10.0. The SMILES string of the molecule is CCC(C)C(N)C(=O)O.N. The molecule has 2 atom stereocenters. The Kier molecular flexibility index (Phi) is 6.29. The van der Waals surface area contributed by atoms with Crippen molar-refractivity contribution < 1.29 is 9.90 Å². The molecule has 0 rings (SSSR count). The zero-order valence-electron chi connectivity index (χ0n) is 6.50. The van der Waals surface area contributed by atoms with E-state index in [0.717, 1.165) is 6.42 Å². The Balaban J connectivity index is 0. The van der Waals surface area contributed by atoms with Gasteiger partial charge in [0.25, 0.3) is 0 Å². The molecule has 10 heavy (non-hydrogen) atoms. The molecular weight excluding hydrogens is 132 g/mol. The van der Waals surface area contributed by atoms with E-state index in [-0.39, 0.29) is 12.1 Å². The van der Waals surface area contributed by atoms with Crippen molar-refractivity contribution >= 4 is 5.97 Å². The molecule has 0 aromatic rings. The first-order valence-electron chi connectivity index (χ1n) is 3.08. The predicted octanol–water partition coefficient (Wildman–Crippen LogP) is 0.606. The van der Waals surface area contributed by atoms with E-state index in [0.29, 0.717) is 0 Å². The summed E-state index contributed by atoms with van der Waals surface area (Å²) in [5.41, 5.74) is 5.27. The number of carbonyl (C=O) groups is 1. The number of rotatable bonds is 3. The van der Waals surface area contributed by atoms with Gasteiger partial charge in [-0.1, -0.05) is 20.3 Å². The lowest BCUT2D eigenvalue weighted by molar-refractivity contribution is -0.139. The summed E-state index contributed by atoms with van der Waals surface area (Å²) in [5, 5.41) is 8.36. The monoisotopic (exact) mass is 148 g/mol. The third kappa shape index (κ3) is 3.42. The molecule has 0 amide bonds. The highest BCUT2D eigenvalue weighted by atomic mass is 16.4. The van der Waals surface area contributed by atoms with Crippen molar-refractivity contribution in [3.05, 3.63) is 0 Å². The van der Waals surface area contributed by atoms with Crippen LogP contribution < -0.4 is 11.9 Å². The van der Waals surface area contributed by atoms with E-state index in [4.69, 9.17) is 10.8 Å². The highest BCUT2D eigenvalue weighted by molar-refractivity contribution is 5.73. The van der Waals surface area contributed by atoms with Gasteiger partial charge in [-0.25, -0.2) is 0 Å². The van der Waals surface area contributed by atoms with Crippen molar-refractivity contribution in [2.75, 3.05) is 0 Å². The van der Waals surface area contributed by atoms with Crippen LogP contribution in [0.2, 0.25) is 0 Å². The smallest absolute Gasteiger partial charge is 0.320 e. The molecule has 0 saturated carbocycles. The first kappa shape index (κ1) is 12.1. The Morgan fingerprint density at radius 2 is 2.10 bits per heavy atom. The summed E-state index contributed by atoms with van der Waals surface area (Å²) in [4.78, 5) is 10.2. The summed E-state index contributed by atoms with van der Waals surface area (Å²) < 4.78 is 0. The largest absolute Gasteiger partial charge is 0.480 e. The van der Waals surface area contributed by atoms with Crippen LogP contribution in [0.1, 0.15) is 20.3 Å². The number of carboxylic acid groups (broad SMARTS) is 1. The molecule has 2 unspecified atom stereocenters. The summed E-state index contributed by atoms with van der Waals surface area (Å²) >= 11 is 0. The van der Waals surface area contributed by atoms with Gasteiger partial charge < -0.3 is 17.0 Å². The third-order valence-electron chi connectivity index (χ3n) is 1.54. The molecule has 0 aliphatic rings. The first-order valence-corrected chi connectivity index (χ1v) is 3.08. The van der Waals surface area contributed by atoms with E-state index >= 15 is 0 Å². The highest BCUT2D eigenvalue weighted by Gasteiger charge is 2.17. The number of hydrogen-bond donors (Lipinski definition) is 3. The Morgan fingerprint density at radius 3 is 2.20 bits per heavy atom. The molecule has 0 aliphatic heterocycles. The van der Waals surface area contributed by atoms with Gasteiger partial charge in [0, 0.05) is 0 Å². The van der Waals surface area contributed by atoms with Crippen LogP contribution in [0.15, 0.2) is 0 Å². The minimum Gasteiger partial charge on any atom is -0.480 e. The van der Waals surface area contributed by atoms with Crippen LogP contribution in [-0.2, 0) is 4.79 Å². The maximum Gasteiger partial charge on any atom is 0.320 e. The predicted molar refractivity (Wildman–Crippen MR) is 40.1 cm³/mol. The van der Waals surface area contributed by atoms with Crippen LogP contribution in [0.5, 0.6) is 0 Å². The standard InChI is InChI=1S/C6H13NO2.H3N/c1-3-4(2)5(7)6(8)9;/h4-5H,3,7H2,1-2H3,(H,8,9);1H3. The lowest BCUT2D eigenvalue weighted by Gasteiger charge is -2.11. The van der Waals surface area contributed by atoms with E-state index in [1.54, 1.807) is 0 Å². The third-order valence-corrected chi connectivity index (χ3v) is 1.54. The summed E-state index contributed by atoms with van der Waals surface area (Å²) in [6.45, 7) is 3.76. The molecule has 6 N–H and O–H groups in total. The van der Waals surface area contributed by atoms with E-state index in [9.17, 15) is 4.79 Å². The van der Waals surface area contributed by atoms with Gasteiger partial charge in [-0.3, -0.25) is 4.79 Å². The Bertz CT molecular complexity index is 106. The second-order valence-electron chi connectivity index (χ2n) is 2.25. The molecule has 0 saturated heterocycles. The van der Waals surface area contributed by atoms with Gasteiger partial charge in [0.15, 0.2) is 0 Å². The fourth-order valence-electron chi connectivity index (χ4n) is 0.497. The number of aliphatic carboxylic acids is 1. The summed E-state index contributed by atoms with van der Waals surface area (Å²) in [7, 11) is 0. The maximum absolute atomic E-state index is 10.2. The molecule has 62 valence electrons. The molecule has 0 aliphatic carbocycles. The number of hydrogen-bond acceptors (Lipinski definition) is 3. The zero-order valence-corrected chi connectivity index (χ0v) is 6.50. The zero-order chi connectivity index (χ0) is 7.44. The fraction of sp³-hybridized carbons (Fsp3) is 0.833. The molecule has 0 spiro atoms. The van der Waals surface area contributed by atoms with E-state index in [2.05, 4.69) is 0 Å². The van der Waals surface area contributed by atoms with Crippen LogP contribution in [0.25, 0.3) is 0 Å².